The van der Waals surface area contributed by atoms with Crippen LogP contribution in [-0.2, 0) is 28.4 Å². The fraction of sp³-hybridized carbons (Fsp3) is 0.696. The first-order valence-corrected chi connectivity index (χ1v) is 11.2. The lowest BCUT2D eigenvalue weighted by Gasteiger charge is -2.33. The lowest BCUT2D eigenvalue weighted by atomic mass is 9.74. The summed E-state index contributed by atoms with van der Waals surface area (Å²) in [5.41, 5.74) is -3.74. The van der Waals surface area contributed by atoms with E-state index in [1.54, 1.807) is 0 Å². The average Bonchev–Trinajstić information content (AvgIpc) is 3.16. The largest absolute Gasteiger partial charge is 0.416 e. The van der Waals surface area contributed by atoms with Gasteiger partial charge in [0.1, 0.15) is 0 Å². The maximum Gasteiger partial charge on any atom is 0.416 e. The third-order valence-corrected chi connectivity index (χ3v) is 6.90. The monoisotopic (exact) mass is 480 g/mol. The third-order valence-electron chi connectivity index (χ3n) is 6.90. The van der Waals surface area contributed by atoms with Gasteiger partial charge < -0.3 is 15.4 Å². The zero-order valence-corrected chi connectivity index (χ0v) is 18.7. The molecule has 1 aromatic rings. The highest BCUT2D eigenvalue weighted by atomic mass is 19.4. The van der Waals surface area contributed by atoms with Gasteiger partial charge in [0.15, 0.2) is 0 Å². The van der Waals surface area contributed by atoms with Crippen molar-refractivity contribution in [1.82, 2.24) is 10.6 Å². The van der Waals surface area contributed by atoms with Crippen LogP contribution in [0, 0.1) is 11.3 Å². The van der Waals surface area contributed by atoms with Crippen molar-refractivity contribution in [3.05, 3.63) is 34.9 Å². The van der Waals surface area contributed by atoms with Gasteiger partial charge in [-0.15, -0.1) is 0 Å². The summed E-state index contributed by atoms with van der Waals surface area (Å²) < 4.78 is 84.1. The van der Waals surface area contributed by atoms with E-state index in [1.165, 1.54) is 0 Å². The molecule has 33 heavy (non-hydrogen) atoms. The van der Waals surface area contributed by atoms with Crippen LogP contribution in [0.25, 0.3) is 0 Å². The van der Waals surface area contributed by atoms with Crippen molar-refractivity contribution in [1.29, 1.82) is 0 Å². The van der Waals surface area contributed by atoms with Gasteiger partial charge in [0.2, 0.25) is 5.91 Å². The molecule has 2 atom stereocenters. The van der Waals surface area contributed by atoms with E-state index in [9.17, 15) is 31.1 Å². The van der Waals surface area contributed by atoms with Gasteiger partial charge in [-0.1, -0.05) is 13.8 Å². The Hall–Kier alpha value is -1.81. The van der Waals surface area contributed by atoms with Crippen molar-refractivity contribution in [2.75, 3.05) is 13.2 Å². The van der Waals surface area contributed by atoms with Crippen molar-refractivity contribution in [3.8, 4) is 0 Å². The molecule has 186 valence electrons. The predicted molar refractivity (Wildman–Crippen MR) is 110 cm³/mol. The second kappa shape index (κ2) is 9.82. The van der Waals surface area contributed by atoms with Gasteiger partial charge in [0.25, 0.3) is 0 Å². The zero-order valence-electron chi connectivity index (χ0n) is 18.7. The number of rotatable bonds is 6. The number of alkyl halides is 6. The van der Waals surface area contributed by atoms with Crippen LogP contribution in [0.5, 0.6) is 0 Å². The average molecular weight is 480 g/mol. The minimum Gasteiger partial charge on any atom is -0.381 e. The molecule has 0 aromatic heterocycles. The lowest BCUT2D eigenvalue weighted by molar-refractivity contribution is -0.143. The van der Waals surface area contributed by atoms with Crippen LogP contribution >= 0.6 is 0 Å². The number of nitrogens with one attached hydrogen (secondary N) is 2. The number of hydrogen-bond donors (Lipinski definition) is 2. The summed E-state index contributed by atoms with van der Waals surface area (Å²) in [7, 11) is 0. The molecule has 1 saturated carbocycles. The molecule has 2 aliphatic rings. The maximum absolute atomic E-state index is 13.2. The van der Waals surface area contributed by atoms with Crippen LogP contribution < -0.4 is 10.6 Å². The molecule has 0 spiro atoms. The van der Waals surface area contributed by atoms with E-state index >= 15 is 0 Å². The fourth-order valence-electron chi connectivity index (χ4n) is 4.89. The summed E-state index contributed by atoms with van der Waals surface area (Å²) in [6.45, 7) is 4.82. The molecule has 3 rings (SSSR count). The zero-order chi connectivity index (χ0) is 24.4. The van der Waals surface area contributed by atoms with Gasteiger partial charge in [-0.2, -0.15) is 26.3 Å². The minimum atomic E-state index is -4.92. The highest BCUT2D eigenvalue weighted by molar-refractivity contribution is 5.83. The Balaban J connectivity index is 1.71. The Bertz CT molecular complexity index is 801. The number of ether oxygens (including phenoxy) is 1. The molecule has 2 fully saturated rings. The topological polar surface area (TPSA) is 50.4 Å². The fourth-order valence-corrected chi connectivity index (χ4v) is 4.89. The molecule has 1 aliphatic carbocycles. The van der Waals surface area contributed by atoms with E-state index in [2.05, 4.69) is 10.6 Å². The van der Waals surface area contributed by atoms with Crippen molar-refractivity contribution in [2.45, 2.75) is 76.9 Å². The molecule has 10 heteroatoms. The molecule has 0 unspecified atom stereocenters. The quantitative estimate of drug-likeness (QED) is 0.543. The molecule has 4 nitrogen and oxygen atoms in total. The Morgan fingerprint density at radius 3 is 2.09 bits per heavy atom. The summed E-state index contributed by atoms with van der Waals surface area (Å²) in [4.78, 5) is 13.2. The van der Waals surface area contributed by atoms with Crippen LogP contribution in [0.15, 0.2) is 18.2 Å². The van der Waals surface area contributed by atoms with Gasteiger partial charge in [0.05, 0.1) is 16.5 Å². The second-order valence-corrected chi connectivity index (χ2v) is 9.40. The summed E-state index contributed by atoms with van der Waals surface area (Å²) in [5, 5.41) is 6.22. The van der Waals surface area contributed by atoms with Gasteiger partial charge in [-0.05, 0) is 61.8 Å². The first-order valence-electron chi connectivity index (χ1n) is 11.2. The summed E-state index contributed by atoms with van der Waals surface area (Å²) in [6.07, 6.45) is -6.09. The number of benzene rings is 1. The predicted octanol–water partition coefficient (Wildman–Crippen LogP) is 5.30. The minimum absolute atomic E-state index is 0.0359. The summed E-state index contributed by atoms with van der Waals surface area (Å²) >= 11 is 0. The van der Waals surface area contributed by atoms with E-state index in [0.717, 1.165) is 19.3 Å². The van der Waals surface area contributed by atoms with Crippen LogP contribution in [-0.4, -0.2) is 31.2 Å². The SMILES string of the molecule is CC(C)[C@]1(C(=O)NCc2cc(C(F)(F)F)cc(C(F)(F)F)c2)CC[C@@H](NC2CCOCC2)C1. The van der Waals surface area contributed by atoms with Crippen molar-refractivity contribution in [2.24, 2.45) is 11.3 Å². The highest BCUT2D eigenvalue weighted by Crippen LogP contribution is 2.45. The standard InChI is InChI=1S/C23H30F6N2O2/c1-14(2)21(6-3-19(12-21)31-18-4-7-33-8-5-18)20(32)30-13-15-9-16(22(24,25)26)11-17(10-15)23(27,28)29/h9-11,14,18-19,31H,3-8,12-13H2,1-2H3,(H,30,32)/t19-,21+/m1/s1. The van der Waals surface area contributed by atoms with Crippen LogP contribution in [0.3, 0.4) is 0 Å². The summed E-state index contributed by atoms with van der Waals surface area (Å²) in [5.74, 6) is -0.369. The van der Waals surface area contributed by atoms with Crippen molar-refractivity contribution >= 4 is 5.91 Å². The number of carbonyl (C=O) groups excluding carboxylic acids is 1. The maximum atomic E-state index is 13.2. The Kier molecular flexibility index (Phi) is 7.68. The van der Waals surface area contributed by atoms with Crippen molar-refractivity contribution < 1.29 is 35.9 Å². The second-order valence-electron chi connectivity index (χ2n) is 9.40. The Morgan fingerprint density at radius 1 is 1.00 bits per heavy atom. The molecule has 1 aromatic carbocycles. The van der Waals surface area contributed by atoms with E-state index in [1.807, 2.05) is 13.8 Å². The molecule has 1 aliphatic heterocycles. The number of halogens is 6. The van der Waals surface area contributed by atoms with Gasteiger partial charge >= 0.3 is 12.4 Å². The van der Waals surface area contributed by atoms with E-state index in [4.69, 9.17) is 4.74 Å². The summed E-state index contributed by atoms with van der Waals surface area (Å²) in [6, 6.07) is 1.85. The molecular weight excluding hydrogens is 450 g/mol. The first-order chi connectivity index (χ1) is 15.3. The van der Waals surface area contributed by atoms with Gasteiger partial charge in [-0.3, -0.25) is 4.79 Å². The first kappa shape index (κ1) is 25.8. The van der Waals surface area contributed by atoms with Crippen LogP contribution in [0.1, 0.15) is 62.6 Å². The van der Waals surface area contributed by atoms with E-state index in [0.29, 0.717) is 44.2 Å². The number of hydrogen-bond acceptors (Lipinski definition) is 3. The van der Waals surface area contributed by atoms with E-state index < -0.39 is 35.4 Å². The number of carbonyl (C=O) groups is 1. The van der Waals surface area contributed by atoms with Gasteiger partial charge in [-0.25, -0.2) is 0 Å². The van der Waals surface area contributed by atoms with Gasteiger partial charge in [0, 0.05) is 31.8 Å². The van der Waals surface area contributed by atoms with Crippen molar-refractivity contribution in [3.63, 3.8) is 0 Å². The van der Waals surface area contributed by atoms with E-state index in [-0.39, 0.29) is 29.5 Å². The number of amides is 1. The third kappa shape index (κ3) is 6.20. The van der Waals surface area contributed by atoms with Crippen LogP contribution in [0.4, 0.5) is 26.3 Å². The smallest absolute Gasteiger partial charge is 0.381 e. The molecule has 0 bridgehead atoms. The van der Waals surface area contributed by atoms with Crippen LogP contribution in [0.2, 0.25) is 0 Å². The molecular formula is C23H30F6N2O2. The molecule has 1 amide bonds. The highest BCUT2D eigenvalue weighted by Gasteiger charge is 2.47. The normalized spacial score (nSPS) is 24.9. The Morgan fingerprint density at radius 2 is 1.58 bits per heavy atom. The lowest BCUT2D eigenvalue weighted by Crippen LogP contribution is -2.45. The molecule has 0 radical (unpaired) electrons. The molecule has 2 N–H and O–H groups in total. The molecule has 1 saturated heterocycles. The molecule has 1 heterocycles. The Labute approximate surface area is 189 Å².